The third-order valence-electron chi connectivity index (χ3n) is 5.18. The second-order valence-electron chi connectivity index (χ2n) is 7.11. The van der Waals surface area contributed by atoms with Crippen LogP contribution in [-0.2, 0) is 0 Å². The molecular weight excluding hydrogens is 394 g/mol. The topological polar surface area (TPSA) is 93.6 Å². The molecule has 1 atom stereocenters. The van der Waals surface area contributed by atoms with Crippen molar-refractivity contribution in [1.29, 1.82) is 5.26 Å². The number of aromatic nitrogens is 2. The Hall–Kier alpha value is -3.89. The number of nitrogens with zero attached hydrogens (tertiary/aromatic N) is 2. The van der Waals surface area contributed by atoms with Gasteiger partial charge in [-0.15, -0.1) is 11.3 Å². The van der Waals surface area contributed by atoms with Gasteiger partial charge in [-0.2, -0.15) is 5.26 Å². The summed E-state index contributed by atoms with van der Waals surface area (Å²) < 4.78 is 0. The number of benzene rings is 2. The molecule has 1 aliphatic heterocycles. The van der Waals surface area contributed by atoms with E-state index in [0.717, 1.165) is 44.1 Å². The van der Waals surface area contributed by atoms with Crippen molar-refractivity contribution in [2.75, 3.05) is 0 Å². The van der Waals surface area contributed by atoms with Crippen molar-refractivity contribution in [2.24, 2.45) is 0 Å². The highest BCUT2D eigenvalue weighted by atomic mass is 32.1. The number of carbonyl (C=O) groups excluding carboxylic acids is 1. The number of urea groups is 1. The summed E-state index contributed by atoms with van der Waals surface area (Å²) >= 11 is 1.53. The van der Waals surface area contributed by atoms with Crippen LogP contribution in [0.2, 0.25) is 0 Å². The number of amides is 2. The van der Waals surface area contributed by atoms with Crippen LogP contribution >= 0.6 is 11.3 Å². The second-order valence-corrected chi connectivity index (χ2v) is 7.97. The van der Waals surface area contributed by atoms with Crippen molar-refractivity contribution >= 4 is 33.8 Å². The summed E-state index contributed by atoms with van der Waals surface area (Å²) in [5.74, 6) is 0. The van der Waals surface area contributed by atoms with Crippen molar-refractivity contribution < 1.29 is 4.79 Å². The minimum absolute atomic E-state index is 0.233. The minimum atomic E-state index is -0.328. The largest absolute Gasteiger partial charge is 0.356 e. The smallest absolute Gasteiger partial charge is 0.319 e. The zero-order chi connectivity index (χ0) is 20.7. The number of fused-ring (bicyclic) bond motifs is 1. The molecule has 0 bridgehead atoms. The number of carbonyl (C=O) groups is 1. The standard InChI is InChI=1S/C23H17N5OS/c1-13-20(22-27-19(12-30-22)15-8-6-14(11-24)7-9-15)21(28-23(29)25-13)18-10-16-4-2-3-5-17(16)26-18/h2-10,12,21,26H,1H3,(H2,25,28,29). The monoisotopic (exact) mass is 411 g/mol. The number of rotatable bonds is 3. The first kappa shape index (κ1) is 18.2. The molecule has 0 saturated carbocycles. The van der Waals surface area contributed by atoms with Gasteiger partial charge in [0.1, 0.15) is 11.0 Å². The van der Waals surface area contributed by atoms with Crippen LogP contribution in [0.15, 0.2) is 65.7 Å². The first-order valence-electron chi connectivity index (χ1n) is 9.45. The highest BCUT2D eigenvalue weighted by Gasteiger charge is 2.30. The van der Waals surface area contributed by atoms with Crippen LogP contribution in [0, 0.1) is 11.3 Å². The van der Waals surface area contributed by atoms with Gasteiger partial charge in [0.25, 0.3) is 0 Å². The summed E-state index contributed by atoms with van der Waals surface area (Å²) in [4.78, 5) is 20.5. The molecule has 6 nitrogen and oxygen atoms in total. The predicted molar refractivity (Wildman–Crippen MR) is 118 cm³/mol. The summed E-state index contributed by atoms with van der Waals surface area (Å²) in [7, 11) is 0. The Balaban J connectivity index is 1.56. The highest BCUT2D eigenvalue weighted by molar-refractivity contribution is 7.11. The predicted octanol–water partition coefficient (Wildman–Crippen LogP) is 4.95. The van der Waals surface area contributed by atoms with E-state index >= 15 is 0 Å². The maximum absolute atomic E-state index is 12.2. The summed E-state index contributed by atoms with van der Waals surface area (Å²) in [5, 5.41) is 18.8. The lowest BCUT2D eigenvalue weighted by Gasteiger charge is -2.27. The number of para-hydroxylation sites is 1. The van der Waals surface area contributed by atoms with Crippen LogP contribution in [0.5, 0.6) is 0 Å². The number of H-pyrrole nitrogens is 1. The van der Waals surface area contributed by atoms with Crippen LogP contribution in [0.3, 0.4) is 0 Å². The zero-order valence-electron chi connectivity index (χ0n) is 16.1. The van der Waals surface area contributed by atoms with Gasteiger partial charge >= 0.3 is 6.03 Å². The van der Waals surface area contributed by atoms with Crippen LogP contribution in [0.1, 0.15) is 29.2 Å². The normalized spacial score (nSPS) is 16.3. The average molecular weight is 411 g/mol. The molecule has 30 heavy (non-hydrogen) atoms. The molecule has 2 aromatic carbocycles. The van der Waals surface area contributed by atoms with Gasteiger partial charge in [-0.25, -0.2) is 9.78 Å². The van der Waals surface area contributed by atoms with Crippen LogP contribution < -0.4 is 10.6 Å². The Morgan fingerprint density at radius 1 is 1.13 bits per heavy atom. The quantitative estimate of drug-likeness (QED) is 0.445. The van der Waals surface area contributed by atoms with Crippen molar-refractivity contribution in [3.63, 3.8) is 0 Å². The van der Waals surface area contributed by atoms with Crippen molar-refractivity contribution in [2.45, 2.75) is 13.0 Å². The molecule has 5 rings (SSSR count). The number of thiazole rings is 1. The maximum Gasteiger partial charge on any atom is 0.319 e. The fourth-order valence-corrected chi connectivity index (χ4v) is 4.67. The summed E-state index contributed by atoms with van der Waals surface area (Å²) in [6, 6.07) is 19.0. The van der Waals surface area contributed by atoms with Gasteiger partial charge in [0.2, 0.25) is 0 Å². The fourth-order valence-electron chi connectivity index (χ4n) is 3.71. The lowest BCUT2D eigenvalue weighted by Crippen LogP contribution is -2.43. The molecule has 0 aliphatic carbocycles. The number of hydrogen-bond donors (Lipinski definition) is 3. The van der Waals surface area contributed by atoms with Gasteiger partial charge in [-0.1, -0.05) is 30.3 Å². The number of hydrogen-bond acceptors (Lipinski definition) is 4. The number of aromatic amines is 1. The van der Waals surface area contributed by atoms with E-state index in [1.807, 2.05) is 48.7 Å². The molecule has 1 unspecified atom stereocenters. The van der Waals surface area contributed by atoms with E-state index in [-0.39, 0.29) is 12.1 Å². The molecule has 2 aromatic heterocycles. The molecule has 0 radical (unpaired) electrons. The SMILES string of the molecule is CC1=C(c2nc(-c3ccc(C#N)cc3)cs2)C(c2cc3ccccc3[nH]2)NC(=O)N1. The average Bonchev–Trinajstić information content (AvgIpc) is 3.40. The minimum Gasteiger partial charge on any atom is -0.356 e. The van der Waals surface area contributed by atoms with E-state index in [2.05, 4.69) is 27.8 Å². The molecule has 3 heterocycles. The molecule has 0 spiro atoms. The molecule has 2 amide bonds. The Morgan fingerprint density at radius 2 is 1.93 bits per heavy atom. The summed E-state index contributed by atoms with van der Waals surface area (Å²) in [6.07, 6.45) is 0. The van der Waals surface area contributed by atoms with Crippen LogP contribution in [-0.4, -0.2) is 16.0 Å². The zero-order valence-corrected chi connectivity index (χ0v) is 16.9. The van der Waals surface area contributed by atoms with Gasteiger partial charge in [0, 0.05) is 33.4 Å². The Bertz CT molecular complexity index is 1310. The van der Waals surface area contributed by atoms with Crippen molar-refractivity contribution in [3.05, 3.63) is 81.9 Å². The molecule has 4 aromatic rings. The molecule has 0 saturated heterocycles. The van der Waals surface area contributed by atoms with E-state index < -0.39 is 0 Å². The van der Waals surface area contributed by atoms with Gasteiger partial charge < -0.3 is 15.6 Å². The van der Waals surface area contributed by atoms with Crippen LogP contribution in [0.25, 0.3) is 27.7 Å². The van der Waals surface area contributed by atoms with Crippen molar-refractivity contribution in [1.82, 2.24) is 20.6 Å². The molecule has 0 fully saturated rings. The lowest BCUT2D eigenvalue weighted by atomic mass is 10.0. The van der Waals surface area contributed by atoms with Gasteiger partial charge in [0.05, 0.1) is 17.3 Å². The molecule has 146 valence electrons. The van der Waals surface area contributed by atoms with Crippen LogP contribution in [0.4, 0.5) is 4.79 Å². The number of nitriles is 1. The maximum atomic E-state index is 12.2. The van der Waals surface area contributed by atoms with Crippen molar-refractivity contribution in [3.8, 4) is 17.3 Å². The number of allylic oxidation sites excluding steroid dienone is 1. The second kappa shape index (κ2) is 7.17. The van der Waals surface area contributed by atoms with E-state index in [1.54, 1.807) is 12.1 Å². The summed E-state index contributed by atoms with van der Waals surface area (Å²) in [5.41, 5.74) is 6.06. The van der Waals surface area contributed by atoms with E-state index in [4.69, 9.17) is 10.2 Å². The Morgan fingerprint density at radius 3 is 2.70 bits per heavy atom. The lowest BCUT2D eigenvalue weighted by molar-refractivity contribution is 0.240. The Labute approximate surface area is 176 Å². The van der Waals surface area contributed by atoms with Gasteiger partial charge in [-0.3, -0.25) is 0 Å². The van der Waals surface area contributed by atoms with Gasteiger partial charge in [0.15, 0.2) is 0 Å². The Kier molecular flexibility index (Phi) is 4.34. The first-order chi connectivity index (χ1) is 14.6. The first-order valence-corrected chi connectivity index (χ1v) is 10.3. The molecule has 1 aliphatic rings. The summed E-state index contributed by atoms with van der Waals surface area (Å²) in [6.45, 7) is 1.90. The number of nitrogens with one attached hydrogen (secondary N) is 3. The molecule has 3 N–H and O–H groups in total. The van der Waals surface area contributed by atoms with E-state index in [9.17, 15) is 4.79 Å². The third-order valence-corrected chi connectivity index (χ3v) is 6.05. The third kappa shape index (κ3) is 3.13. The van der Waals surface area contributed by atoms with Gasteiger partial charge in [-0.05, 0) is 36.6 Å². The van der Waals surface area contributed by atoms with E-state index in [0.29, 0.717) is 5.56 Å². The molecule has 7 heteroatoms. The highest BCUT2D eigenvalue weighted by Crippen LogP contribution is 2.37. The molecular formula is C23H17N5OS. The fraction of sp³-hybridized carbons (Fsp3) is 0.0870. The van der Waals surface area contributed by atoms with E-state index in [1.165, 1.54) is 11.3 Å².